The molecule has 0 unspecified atom stereocenters. The van der Waals surface area contributed by atoms with Gasteiger partial charge in [-0.25, -0.2) is 13.6 Å². The highest BCUT2D eigenvalue weighted by Crippen LogP contribution is 2.29. The summed E-state index contributed by atoms with van der Waals surface area (Å²) >= 11 is 0. The maximum absolute atomic E-state index is 11.7. The van der Waals surface area contributed by atoms with Gasteiger partial charge in [0, 0.05) is 0 Å². The minimum absolute atomic E-state index is 0.00221. The first kappa shape index (κ1) is 27.2. The topological polar surface area (TPSA) is 60.2 Å². The van der Waals surface area contributed by atoms with Crippen LogP contribution in [0.25, 0.3) is 0 Å². The van der Waals surface area contributed by atoms with Crippen molar-refractivity contribution >= 4 is 10.0 Å². The summed E-state index contributed by atoms with van der Waals surface area (Å²) in [6, 6.07) is 5.38. The van der Waals surface area contributed by atoms with Crippen LogP contribution < -0.4 is 5.14 Å². The van der Waals surface area contributed by atoms with Crippen LogP contribution in [0.3, 0.4) is 0 Å². The van der Waals surface area contributed by atoms with Crippen LogP contribution in [-0.2, 0) is 21.9 Å². The summed E-state index contributed by atoms with van der Waals surface area (Å²) < 4.78 is 23.5. The lowest BCUT2D eigenvalue weighted by molar-refractivity contribution is 0.534. The van der Waals surface area contributed by atoms with Crippen LogP contribution in [0.15, 0.2) is 23.1 Å². The number of rotatable bonds is 16. The SMILES string of the molecule is CCCCCCCCCCCCCCCCc1cc(S(N)(=O)=O)ccc1C(C)(C)C. The van der Waals surface area contributed by atoms with E-state index in [1.54, 1.807) is 12.1 Å². The second-order valence-corrected chi connectivity index (χ2v) is 11.5. The van der Waals surface area contributed by atoms with Crippen LogP contribution >= 0.6 is 0 Å². The molecule has 0 saturated carbocycles. The molecule has 174 valence electrons. The normalized spacial score (nSPS) is 12.4. The Morgan fingerprint density at radius 1 is 0.733 bits per heavy atom. The van der Waals surface area contributed by atoms with E-state index >= 15 is 0 Å². The van der Waals surface area contributed by atoms with Gasteiger partial charge in [0.1, 0.15) is 0 Å². The molecule has 0 aliphatic carbocycles. The van der Waals surface area contributed by atoms with Crippen molar-refractivity contribution in [1.82, 2.24) is 0 Å². The highest BCUT2D eigenvalue weighted by atomic mass is 32.2. The van der Waals surface area contributed by atoms with E-state index in [9.17, 15) is 8.42 Å². The molecule has 3 nitrogen and oxygen atoms in total. The molecule has 0 aromatic heterocycles. The number of hydrogen-bond donors (Lipinski definition) is 1. The van der Waals surface area contributed by atoms with Crippen molar-refractivity contribution in [3.8, 4) is 0 Å². The Bertz CT molecular complexity index is 689. The van der Waals surface area contributed by atoms with Crippen molar-refractivity contribution in [1.29, 1.82) is 0 Å². The fourth-order valence-corrected chi connectivity index (χ4v) is 4.76. The zero-order chi connectivity index (χ0) is 22.5. The predicted octanol–water partition coefficient (Wildman–Crippen LogP) is 7.66. The highest BCUT2D eigenvalue weighted by Gasteiger charge is 2.20. The molecule has 1 rings (SSSR count). The lowest BCUT2D eigenvalue weighted by Gasteiger charge is -2.23. The molecule has 0 bridgehead atoms. The van der Waals surface area contributed by atoms with Crippen LogP contribution in [0.4, 0.5) is 0 Å². The van der Waals surface area contributed by atoms with Gasteiger partial charge in [0.25, 0.3) is 0 Å². The first-order chi connectivity index (χ1) is 14.2. The monoisotopic (exact) mass is 437 g/mol. The van der Waals surface area contributed by atoms with Gasteiger partial charge in [0.15, 0.2) is 0 Å². The third-order valence-electron chi connectivity index (χ3n) is 6.01. The molecule has 0 heterocycles. The van der Waals surface area contributed by atoms with E-state index in [0.29, 0.717) is 0 Å². The molecule has 0 amide bonds. The Balaban J connectivity index is 2.23. The minimum Gasteiger partial charge on any atom is -0.225 e. The second kappa shape index (κ2) is 14.2. The van der Waals surface area contributed by atoms with Crippen LogP contribution in [0.2, 0.25) is 0 Å². The fraction of sp³-hybridized carbons (Fsp3) is 0.769. The lowest BCUT2D eigenvalue weighted by atomic mass is 9.82. The Morgan fingerprint density at radius 3 is 1.57 bits per heavy atom. The molecule has 0 atom stereocenters. The number of aryl methyl sites for hydroxylation is 1. The minimum atomic E-state index is -3.65. The average Bonchev–Trinajstić information content (AvgIpc) is 2.66. The summed E-state index contributed by atoms with van der Waals surface area (Å²) in [7, 11) is -3.65. The summed E-state index contributed by atoms with van der Waals surface area (Å²) in [6.07, 6.45) is 19.8. The third-order valence-corrected chi connectivity index (χ3v) is 6.92. The quantitative estimate of drug-likeness (QED) is 0.270. The summed E-state index contributed by atoms with van der Waals surface area (Å²) in [5.74, 6) is 0. The summed E-state index contributed by atoms with van der Waals surface area (Å²) in [5, 5.41) is 5.34. The van der Waals surface area contributed by atoms with E-state index in [-0.39, 0.29) is 10.3 Å². The molecule has 1 aromatic carbocycles. The molecule has 0 fully saturated rings. The zero-order valence-electron chi connectivity index (χ0n) is 20.1. The van der Waals surface area contributed by atoms with Crippen molar-refractivity contribution < 1.29 is 8.42 Å². The van der Waals surface area contributed by atoms with Crippen molar-refractivity contribution in [3.63, 3.8) is 0 Å². The Kier molecular flexibility index (Phi) is 12.9. The lowest BCUT2D eigenvalue weighted by Crippen LogP contribution is -2.17. The number of nitrogens with two attached hydrogens (primary N) is 1. The highest BCUT2D eigenvalue weighted by molar-refractivity contribution is 7.89. The Hall–Kier alpha value is -0.870. The van der Waals surface area contributed by atoms with Crippen LogP contribution in [-0.4, -0.2) is 8.42 Å². The van der Waals surface area contributed by atoms with E-state index in [4.69, 9.17) is 5.14 Å². The molecule has 2 N–H and O–H groups in total. The summed E-state index contributed by atoms with van der Waals surface area (Å²) in [6.45, 7) is 8.80. The van der Waals surface area contributed by atoms with Gasteiger partial charge in [0.05, 0.1) is 4.90 Å². The number of sulfonamides is 1. The van der Waals surface area contributed by atoms with Gasteiger partial charge < -0.3 is 0 Å². The smallest absolute Gasteiger partial charge is 0.225 e. The molecular formula is C26H47NO2S. The largest absolute Gasteiger partial charge is 0.238 e. The first-order valence-corrected chi connectivity index (χ1v) is 13.9. The van der Waals surface area contributed by atoms with Crippen LogP contribution in [0.5, 0.6) is 0 Å². The second-order valence-electron chi connectivity index (χ2n) is 9.96. The van der Waals surface area contributed by atoms with Gasteiger partial charge in [-0.3, -0.25) is 0 Å². The van der Waals surface area contributed by atoms with E-state index < -0.39 is 10.0 Å². The van der Waals surface area contributed by atoms with Gasteiger partial charge in [-0.15, -0.1) is 0 Å². The maximum atomic E-state index is 11.7. The third kappa shape index (κ3) is 11.5. The zero-order valence-corrected chi connectivity index (χ0v) is 21.0. The van der Waals surface area contributed by atoms with Crippen LogP contribution in [0.1, 0.15) is 129 Å². The van der Waals surface area contributed by atoms with Crippen molar-refractivity contribution in [2.45, 2.75) is 134 Å². The van der Waals surface area contributed by atoms with Gasteiger partial charge in [-0.1, -0.05) is 117 Å². The first-order valence-electron chi connectivity index (χ1n) is 12.3. The van der Waals surface area contributed by atoms with Gasteiger partial charge in [-0.05, 0) is 41.5 Å². The average molecular weight is 438 g/mol. The number of benzene rings is 1. The van der Waals surface area contributed by atoms with E-state index in [1.165, 1.54) is 89.0 Å². The van der Waals surface area contributed by atoms with Crippen molar-refractivity contribution in [3.05, 3.63) is 29.3 Å². The van der Waals surface area contributed by atoms with Crippen LogP contribution in [0, 0.1) is 0 Å². The van der Waals surface area contributed by atoms with E-state index in [2.05, 4.69) is 27.7 Å². The van der Waals surface area contributed by atoms with Gasteiger partial charge >= 0.3 is 0 Å². The molecule has 0 aliphatic heterocycles. The molecule has 0 aliphatic rings. The molecule has 1 aromatic rings. The van der Waals surface area contributed by atoms with Gasteiger partial charge in [-0.2, -0.15) is 0 Å². The predicted molar refractivity (Wildman–Crippen MR) is 131 cm³/mol. The van der Waals surface area contributed by atoms with E-state index in [1.807, 2.05) is 6.07 Å². The maximum Gasteiger partial charge on any atom is 0.238 e. The molecule has 0 saturated heterocycles. The molecule has 0 spiro atoms. The fourth-order valence-electron chi connectivity index (χ4n) is 4.20. The Morgan fingerprint density at radius 2 is 1.17 bits per heavy atom. The number of unbranched alkanes of at least 4 members (excludes halogenated alkanes) is 13. The number of hydrogen-bond acceptors (Lipinski definition) is 2. The summed E-state index contributed by atoms with van der Waals surface area (Å²) in [5.41, 5.74) is 2.36. The summed E-state index contributed by atoms with van der Waals surface area (Å²) in [4.78, 5) is 0.232. The molecular weight excluding hydrogens is 390 g/mol. The van der Waals surface area contributed by atoms with Gasteiger partial charge in [0.2, 0.25) is 10.0 Å². The number of primary sulfonamides is 1. The molecule has 30 heavy (non-hydrogen) atoms. The molecule has 4 heteroatoms. The van der Waals surface area contributed by atoms with E-state index in [0.717, 1.165) is 18.4 Å². The van der Waals surface area contributed by atoms with Crippen molar-refractivity contribution in [2.24, 2.45) is 5.14 Å². The Labute approximate surface area is 187 Å². The standard InChI is InChI=1S/C26H47NO2S/c1-5-6-7-8-9-10-11-12-13-14-15-16-17-18-19-23-22-24(30(27,28)29)20-21-25(23)26(2,3)4/h20-22H,5-19H2,1-4H3,(H2,27,28,29). The van der Waals surface area contributed by atoms with Crippen molar-refractivity contribution in [2.75, 3.05) is 0 Å². The molecule has 0 radical (unpaired) electrons.